The summed E-state index contributed by atoms with van der Waals surface area (Å²) in [5, 5.41) is 19.8. The van der Waals surface area contributed by atoms with Crippen LogP contribution in [-0.4, -0.2) is 30.6 Å². The normalized spacial score (nSPS) is 10.6. The van der Waals surface area contributed by atoms with Crippen LogP contribution in [0.25, 0.3) is 6.08 Å². The molecule has 0 aromatic heterocycles. The minimum atomic E-state index is -1.08. The number of amides is 1. The first-order valence-electron chi connectivity index (χ1n) is 5.46. The zero-order chi connectivity index (χ0) is 15.1. The minimum absolute atomic E-state index is 0.0291. The van der Waals surface area contributed by atoms with Gasteiger partial charge in [0.05, 0.1) is 4.47 Å². The van der Waals surface area contributed by atoms with Crippen LogP contribution in [0.4, 0.5) is 0 Å². The first kappa shape index (κ1) is 15.7. The molecule has 0 aliphatic heterocycles. The Labute approximate surface area is 123 Å². The van der Waals surface area contributed by atoms with Crippen LogP contribution < -0.4 is 10.1 Å². The van der Waals surface area contributed by atoms with Crippen molar-refractivity contribution in [2.45, 2.75) is 0 Å². The van der Waals surface area contributed by atoms with Gasteiger partial charge in [-0.05, 0) is 39.7 Å². The average molecular weight is 339 g/mol. The summed E-state index contributed by atoms with van der Waals surface area (Å²) in [5.41, 5.74) is 0.582. The molecular formula is C13H11BrN2O4. The van der Waals surface area contributed by atoms with Gasteiger partial charge in [0.1, 0.15) is 17.4 Å². The Kier molecular flexibility index (Phi) is 5.74. The fraction of sp³-hybridized carbons (Fsp3) is 0.154. The lowest BCUT2D eigenvalue weighted by Crippen LogP contribution is -2.19. The number of rotatable bonds is 5. The molecule has 0 bridgehead atoms. The number of nitrogens with one attached hydrogen (secondary N) is 1. The third kappa shape index (κ3) is 4.40. The van der Waals surface area contributed by atoms with E-state index in [0.29, 0.717) is 15.8 Å². The van der Waals surface area contributed by atoms with E-state index in [2.05, 4.69) is 21.2 Å². The molecule has 0 aliphatic rings. The maximum absolute atomic E-state index is 11.4. The summed E-state index contributed by atoms with van der Waals surface area (Å²) in [7, 11) is 1.44. The monoisotopic (exact) mass is 338 g/mol. The van der Waals surface area contributed by atoms with Gasteiger partial charge in [-0.3, -0.25) is 4.79 Å². The number of carboxylic acids is 1. The smallest absolute Gasteiger partial charge is 0.341 e. The molecule has 1 aromatic carbocycles. The Balaban J connectivity index is 2.97. The number of benzene rings is 1. The van der Waals surface area contributed by atoms with Gasteiger partial charge in [-0.1, -0.05) is 6.07 Å². The molecule has 0 heterocycles. The molecular weight excluding hydrogens is 328 g/mol. The lowest BCUT2D eigenvalue weighted by molar-refractivity contribution is -0.139. The molecule has 0 spiro atoms. The quantitative estimate of drug-likeness (QED) is 0.627. The second kappa shape index (κ2) is 7.31. The summed E-state index contributed by atoms with van der Waals surface area (Å²) < 4.78 is 5.57. The minimum Gasteiger partial charge on any atom is -0.481 e. The number of carbonyl (C=O) groups excluding carboxylic acids is 1. The van der Waals surface area contributed by atoms with Crippen LogP contribution in [0.3, 0.4) is 0 Å². The Morgan fingerprint density at radius 3 is 2.75 bits per heavy atom. The predicted molar refractivity (Wildman–Crippen MR) is 74.9 cm³/mol. The van der Waals surface area contributed by atoms with Gasteiger partial charge in [0.2, 0.25) is 0 Å². The van der Waals surface area contributed by atoms with Crippen LogP contribution in [-0.2, 0) is 9.59 Å². The third-order valence-corrected chi connectivity index (χ3v) is 2.83. The van der Waals surface area contributed by atoms with E-state index in [1.165, 1.54) is 13.1 Å². The van der Waals surface area contributed by atoms with Crippen LogP contribution in [0.5, 0.6) is 5.75 Å². The zero-order valence-electron chi connectivity index (χ0n) is 10.5. The Hall–Kier alpha value is -2.33. The first-order chi connectivity index (χ1) is 9.47. The van der Waals surface area contributed by atoms with Gasteiger partial charge < -0.3 is 15.2 Å². The molecule has 1 aromatic rings. The van der Waals surface area contributed by atoms with Crippen LogP contribution in [0, 0.1) is 11.3 Å². The van der Waals surface area contributed by atoms with Gasteiger partial charge in [-0.15, -0.1) is 0 Å². The number of ether oxygens (including phenoxy) is 1. The molecule has 104 valence electrons. The summed E-state index contributed by atoms with van der Waals surface area (Å²) in [4.78, 5) is 21.8. The lowest BCUT2D eigenvalue weighted by Gasteiger charge is -2.06. The number of likely N-dealkylation sites (N-methyl/N-ethyl adjacent to an activating group) is 1. The number of carbonyl (C=O) groups is 2. The topological polar surface area (TPSA) is 99.4 Å². The van der Waals surface area contributed by atoms with E-state index in [4.69, 9.17) is 15.1 Å². The SMILES string of the molecule is CNC(=O)C(C#N)=Cc1ccc(OCC(=O)O)c(Br)c1. The van der Waals surface area contributed by atoms with E-state index in [0.717, 1.165) is 0 Å². The Bertz CT molecular complexity index is 605. The molecule has 0 unspecified atom stereocenters. The summed E-state index contributed by atoms with van der Waals surface area (Å²) in [6, 6.07) is 6.59. The first-order valence-corrected chi connectivity index (χ1v) is 6.25. The molecule has 6 nitrogen and oxygen atoms in total. The number of nitrogens with zero attached hydrogens (tertiary/aromatic N) is 1. The number of carboxylic acid groups (broad SMARTS) is 1. The molecule has 0 fully saturated rings. The van der Waals surface area contributed by atoms with Gasteiger partial charge in [0.25, 0.3) is 5.91 Å². The van der Waals surface area contributed by atoms with Crippen LogP contribution in [0.1, 0.15) is 5.56 Å². The van der Waals surface area contributed by atoms with Gasteiger partial charge >= 0.3 is 5.97 Å². The third-order valence-electron chi connectivity index (χ3n) is 2.21. The van der Waals surface area contributed by atoms with Gasteiger partial charge in [-0.25, -0.2) is 4.79 Å². The highest BCUT2D eigenvalue weighted by Gasteiger charge is 2.08. The van der Waals surface area contributed by atoms with E-state index < -0.39 is 18.5 Å². The molecule has 2 N–H and O–H groups in total. The molecule has 7 heteroatoms. The van der Waals surface area contributed by atoms with Crippen molar-refractivity contribution in [3.63, 3.8) is 0 Å². The van der Waals surface area contributed by atoms with E-state index in [9.17, 15) is 9.59 Å². The van der Waals surface area contributed by atoms with Crippen LogP contribution in [0.15, 0.2) is 28.2 Å². The molecule has 0 aliphatic carbocycles. The average Bonchev–Trinajstić information content (AvgIpc) is 2.42. The van der Waals surface area contributed by atoms with Crippen molar-refractivity contribution in [3.05, 3.63) is 33.8 Å². The highest BCUT2D eigenvalue weighted by Crippen LogP contribution is 2.26. The van der Waals surface area contributed by atoms with E-state index in [1.807, 2.05) is 0 Å². The Morgan fingerprint density at radius 2 is 2.25 bits per heavy atom. The van der Waals surface area contributed by atoms with Gasteiger partial charge in [-0.2, -0.15) is 5.26 Å². The number of hydrogen-bond acceptors (Lipinski definition) is 4. The molecule has 0 atom stereocenters. The van der Waals surface area contributed by atoms with Crippen molar-refractivity contribution in [3.8, 4) is 11.8 Å². The summed E-state index contributed by atoms with van der Waals surface area (Å²) >= 11 is 3.23. The van der Waals surface area contributed by atoms with Crippen molar-refractivity contribution in [1.82, 2.24) is 5.32 Å². The molecule has 1 amide bonds. The lowest BCUT2D eigenvalue weighted by atomic mass is 10.1. The molecule has 0 saturated carbocycles. The highest BCUT2D eigenvalue weighted by molar-refractivity contribution is 9.10. The van der Waals surface area contributed by atoms with E-state index in [-0.39, 0.29) is 5.57 Å². The van der Waals surface area contributed by atoms with E-state index >= 15 is 0 Å². The fourth-order valence-corrected chi connectivity index (χ4v) is 1.82. The molecule has 0 radical (unpaired) electrons. The molecule has 20 heavy (non-hydrogen) atoms. The molecule has 1 rings (SSSR count). The second-order valence-electron chi connectivity index (χ2n) is 3.62. The standard InChI is InChI=1S/C13H11BrN2O4/c1-16-13(19)9(6-15)4-8-2-3-11(10(14)5-8)20-7-12(17)18/h2-5H,7H2,1H3,(H,16,19)(H,17,18). The van der Waals surface area contributed by atoms with Crippen LogP contribution >= 0.6 is 15.9 Å². The summed E-state index contributed by atoms with van der Waals surface area (Å²) in [6.07, 6.45) is 1.42. The van der Waals surface area contributed by atoms with Crippen molar-refractivity contribution < 1.29 is 19.4 Å². The second-order valence-corrected chi connectivity index (χ2v) is 4.48. The van der Waals surface area contributed by atoms with Gasteiger partial charge in [0.15, 0.2) is 6.61 Å². The maximum Gasteiger partial charge on any atom is 0.341 e. The largest absolute Gasteiger partial charge is 0.481 e. The maximum atomic E-state index is 11.4. The fourth-order valence-electron chi connectivity index (χ4n) is 1.31. The van der Waals surface area contributed by atoms with Crippen LogP contribution in [0.2, 0.25) is 0 Å². The number of aliphatic carboxylic acids is 1. The highest BCUT2D eigenvalue weighted by atomic mass is 79.9. The van der Waals surface area contributed by atoms with E-state index in [1.54, 1.807) is 24.3 Å². The number of hydrogen-bond donors (Lipinski definition) is 2. The van der Waals surface area contributed by atoms with Gasteiger partial charge in [0, 0.05) is 7.05 Å². The number of nitriles is 1. The number of halogens is 1. The van der Waals surface area contributed by atoms with Crippen molar-refractivity contribution in [2.24, 2.45) is 0 Å². The summed E-state index contributed by atoms with van der Waals surface area (Å²) in [6.45, 7) is -0.449. The zero-order valence-corrected chi connectivity index (χ0v) is 12.1. The van der Waals surface area contributed by atoms with Crippen molar-refractivity contribution in [2.75, 3.05) is 13.7 Å². The van der Waals surface area contributed by atoms with Crippen molar-refractivity contribution >= 4 is 33.9 Å². The summed E-state index contributed by atoms with van der Waals surface area (Å²) in [5.74, 6) is -1.19. The predicted octanol–water partition coefficient (Wildman–Crippen LogP) is 1.57. The molecule has 0 saturated heterocycles. The van der Waals surface area contributed by atoms with Crippen molar-refractivity contribution in [1.29, 1.82) is 5.26 Å². The Morgan fingerprint density at radius 1 is 1.55 bits per heavy atom.